The van der Waals surface area contributed by atoms with Crippen LogP contribution in [0.3, 0.4) is 0 Å². The van der Waals surface area contributed by atoms with E-state index < -0.39 is 0 Å². The summed E-state index contributed by atoms with van der Waals surface area (Å²) >= 11 is 3.49. The minimum absolute atomic E-state index is 0.503. The monoisotopic (exact) mass is 363 g/mol. The molecule has 1 N–H and O–H groups in total. The third-order valence-electron chi connectivity index (χ3n) is 3.68. The van der Waals surface area contributed by atoms with Gasteiger partial charge in [0, 0.05) is 0 Å². The number of rotatable bonds is 7. The van der Waals surface area contributed by atoms with E-state index in [-0.39, 0.29) is 0 Å². The molecule has 1 unspecified atom stereocenters. The van der Waals surface area contributed by atoms with Crippen LogP contribution in [0.15, 0.2) is 35.1 Å². The van der Waals surface area contributed by atoms with Crippen molar-refractivity contribution in [2.45, 2.75) is 33.1 Å². The fraction of sp³-hybridized carbons (Fsp3) is 0.412. The van der Waals surface area contributed by atoms with Crippen molar-refractivity contribution in [3.05, 3.63) is 46.3 Å². The highest BCUT2D eigenvalue weighted by Gasteiger charge is 2.09. The van der Waals surface area contributed by atoms with Crippen LogP contribution in [0.2, 0.25) is 0 Å². The number of para-hydroxylation sites is 1. The number of hydrogen-bond acceptors (Lipinski definition) is 4. The zero-order chi connectivity index (χ0) is 15.9. The van der Waals surface area contributed by atoms with Crippen LogP contribution in [0.5, 0.6) is 5.75 Å². The van der Waals surface area contributed by atoms with E-state index in [0.29, 0.717) is 19.1 Å². The van der Waals surface area contributed by atoms with E-state index >= 15 is 0 Å². The first-order valence-corrected chi connectivity index (χ1v) is 8.35. The lowest BCUT2D eigenvalue weighted by molar-refractivity contribution is 0.327. The molecule has 4 nitrogen and oxygen atoms in total. The Morgan fingerprint density at radius 1 is 1.27 bits per heavy atom. The van der Waals surface area contributed by atoms with Gasteiger partial charge >= 0.3 is 0 Å². The summed E-state index contributed by atoms with van der Waals surface area (Å²) in [5.74, 6) is 2.27. The molecular formula is C17H22BrN3O. The summed E-state index contributed by atoms with van der Waals surface area (Å²) in [6, 6.07) is 8.25. The summed E-state index contributed by atoms with van der Waals surface area (Å²) in [6.07, 6.45) is 2.66. The molecule has 0 fully saturated rings. The van der Waals surface area contributed by atoms with Crippen molar-refractivity contribution in [1.82, 2.24) is 9.97 Å². The van der Waals surface area contributed by atoms with Gasteiger partial charge in [-0.25, -0.2) is 9.97 Å². The molecule has 0 amide bonds. The van der Waals surface area contributed by atoms with Gasteiger partial charge in [0.15, 0.2) is 0 Å². The highest BCUT2D eigenvalue weighted by atomic mass is 79.9. The van der Waals surface area contributed by atoms with Crippen molar-refractivity contribution in [1.29, 1.82) is 0 Å². The summed E-state index contributed by atoms with van der Waals surface area (Å²) in [5, 5.41) is 3.26. The molecule has 0 spiro atoms. The van der Waals surface area contributed by atoms with Crippen LogP contribution in [-0.2, 0) is 0 Å². The van der Waals surface area contributed by atoms with Crippen molar-refractivity contribution in [3.8, 4) is 5.75 Å². The number of benzene rings is 1. The summed E-state index contributed by atoms with van der Waals surface area (Å²) < 4.78 is 6.83. The van der Waals surface area contributed by atoms with Crippen molar-refractivity contribution in [2.24, 2.45) is 0 Å². The number of halogens is 1. The number of anilines is 1. The van der Waals surface area contributed by atoms with Gasteiger partial charge in [0.25, 0.3) is 0 Å². The minimum Gasteiger partial charge on any atom is -0.491 e. The summed E-state index contributed by atoms with van der Waals surface area (Å²) in [4.78, 5) is 8.34. The third-order valence-corrected chi connectivity index (χ3v) is 4.63. The van der Waals surface area contributed by atoms with Crippen LogP contribution in [-0.4, -0.2) is 23.1 Å². The van der Waals surface area contributed by atoms with Crippen LogP contribution in [0.4, 0.5) is 5.82 Å². The molecule has 0 aliphatic rings. The zero-order valence-electron chi connectivity index (χ0n) is 13.3. The van der Waals surface area contributed by atoms with E-state index in [2.05, 4.69) is 57.2 Å². The van der Waals surface area contributed by atoms with E-state index in [4.69, 9.17) is 4.74 Å². The third kappa shape index (κ3) is 4.19. The number of nitrogens with zero attached hydrogens (tertiary/aromatic N) is 2. The minimum atomic E-state index is 0.503. The Morgan fingerprint density at radius 3 is 2.82 bits per heavy atom. The van der Waals surface area contributed by atoms with Crippen molar-refractivity contribution < 1.29 is 4.74 Å². The number of aryl methyl sites for hydroxylation is 1. The fourth-order valence-electron chi connectivity index (χ4n) is 2.15. The van der Waals surface area contributed by atoms with E-state index in [1.165, 1.54) is 5.56 Å². The van der Waals surface area contributed by atoms with Crippen LogP contribution in [0.1, 0.15) is 37.4 Å². The second-order valence-electron chi connectivity index (χ2n) is 5.24. The zero-order valence-corrected chi connectivity index (χ0v) is 14.9. The van der Waals surface area contributed by atoms with Gasteiger partial charge < -0.3 is 10.1 Å². The summed E-state index contributed by atoms with van der Waals surface area (Å²) in [7, 11) is 0. The lowest BCUT2D eigenvalue weighted by Gasteiger charge is -2.16. The second-order valence-corrected chi connectivity index (χ2v) is 6.04. The number of nitrogens with one attached hydrogen (secondary N) is 1. The molecule has 1 aromatic heterocycles. The smallest absolute Gasteiger partial charge is 0.144 e. The maximum atomic E-state index is 5.93. The van der Waals surface area contributed by atoms with E-state index in [0.717, 1.165) is 28.2 Å². The Kier molecular flexibility index (Phi) is 6.19. The van der Waals surface area contributed by atoms with Crippen molar-refractivity contribution >= 4 is 21.7 Å². The van der Waals surface area contributed by atoms with Crippen LogP contribution < -0.4 is 10.1 Å². The molecule has 0 bridgehead atoms. The fourth-order valence-corrected chi connectivity index (χ4v) is 2.50. The lowest BCUT2D eigenvalue weighted by Crippen LogP contribution is -2.14. The highest BCUT2D eigenvalue weighted by Crippen LogP contribution is 2.28. The average Bonchev–Trinajstić information content (AvgIpc) is 2.55. The molecule has 0 saturated carbocycles. The maximum absolute atomic E-state index is 5.93. The molecule has 2 rings (SSSR count). The Labute approximate surface area is 140 Å². The molecule has 1 atom stereocenters. The topological polar surface area (TPSA) is 47.0 Å². The molecule has 0 aliphatic heterocycles. The Balaban J connectivity index is 1.91. The first kappa shape index (κ1) is 16.7. The van der Waals surface area contributed by atoms with Crippen LogP contribution in [0, 0.1) is 6.92 Å². The Morgan fingerprint density at radius 2 is 2.05 bits per heavy atom. The molecule has 0 saturated heterocycles. The molecule has 0 aliphatic carbocycles. The molecular weight excluding hydrogens is 342 g/mol. The van der Waals surface area contributed by atoms with E-state index in [9.17, 15) is 0 Å². The van der Waals surface area contributed by atoms with Gasteiger partial charge in [-0.2, -0.15) is 0 Å². The van der Waals surface area contributed by atoms with Crippen LogP contribution >= 0.6 is 15.9 Å². The van der Waals surface area contributed by atoms with Gasteiger partial charge in [0.1, 0.15) is 24.5 Å². The van der Waals surface area contributed by atoms with Gasteiger partial charge in [-0.15, -0.1) is 0 Å². The summed E-state index contributed by atoms with van der Waals surface area (Å²) in [5.41, 5.74) is 2.18. The Hall–Kier alpha value is -1.62. The first-order chi connectivity index (χ1) is 10.6. The van der Waals surface area contributed by atoms with Gasteiger partial charge in [-0.1, -0.05) is 32.0 Å². The standard InChI is InChI=1S/C17H22BrN3O/c1-4-12(2)14-7-5-6-8-15(14)22-10-9-19-17-16(18)13(3)20-11-21-17/h5-8,11-12H,4,9-10H2,1-3H3,(H,19,20,21). The van der Waals surface area contributed by atoms with Crippen molar-refractivity contribution in [2.75, 3.05) is 18.5 Å². The first-order valence-electron chi connectivity index (χ1n) is 7.56. The number of hydrogen-bond donors (Lipinski definition) is 1. The SMILES string of the molecule is CCC(C)c1ccccc1OCCNc1ncnc(C)c1Br. The quantitative estimate of drug-likeness (QED) is 0.732. The lowest BCUT2D eigenvalue weighted by atomic mass is 9.98. The van der Waals surface area contributed by atoms with E-state index in [1.54, 1.807) is 6.33 Å². The maximum Gasteiger partial charge on any atom is 0.144 e. The highest BCUT2D eigenvalue weighted by molar-refractivity contribution is 9.10. The van der Waals surface area contributed by atoms with Crippen molar-refractivity contribution in [3.63, 3.8) is 0 Å². The largest absolute Gasteiger partial charge is 0.491 e. The van der Waals surface area contributed by atoms with Gasteiger partial charge in [0.2, 0.25) is 0 Å². The number of ether oxygens (including phenoxy) is 1. The van der Waals surface area contributed by atoms with Gasteiger partial charge in [0.05, 0.1) is 16.7 Å². The van der Waals surface area contributed by atoms with Gasteiger partial charge in [-0.3, -0.25) is 0 Å². The number of aromatic nitrogens is 2. The van der Waals surface area contributed by atoms with Crippen LogP contribution in [0.25, 0.3) is 0 Å². The Bertz CT molecular complexity index is 619. The summed E-state index contributed by atoms with van der Waals surface area (Å²) in [6.45, 7) is 7.63. The second kappa shape index (κ2) is 8.13. The molecule has 0 radical (unpaired) electrons. The molecule has 1 aromatic carbocycles. The molecule has 118 valence electrons. The average molecular weight is 364 g/mol. The van der Waals surface area contributed by atoms with E-state index in [1.807, 2.05) is 19.1 Å². The predicted octanol–water partition coefficient (Wildman–Crippen LogP) is 4.55. The molecule has 2 aromatic rings. The van der Waals surface area contributed by atoms with Gasteiger partial charge in [-0.05, 0) is 46.8 Å². The molecule has 5 heteroatoms. The normalized spacial score (nSPS) is 12.0. The molecule has 22 heavy (non-hydrogen) atoms. The molecule has 1 heterocycles. The predicted molar refractivity (Wildman–Crippen MR) is 93.6 cm³/mol.